The largest absolute Gasteiger partial charge is 0.390 e. The van der Waals surface area contributed by atoms with Crippen LogP contribution in [0.5, 0.6) is 0 Å². The molecule has 0 radical (unpaired) electrons. The maximum Gasteiger partial charge on any atom is 0.263 e. The number of likely N-dealkylation sites (tertiary alicyclic amines) is 1. The molecule has 0 spiro atoms. The zero-order valence-corrected chi connectivity index (χ0v) is 16.9. The lowest BCUT2D eigenvalue weighted by Gasteiger charge is -2.36. The highest BCUT2D eigenvalue weighted by Gasteiger charge is 2.30. The van der Waals surface area contributed by atoms with Crippen molar-refractivity contribution in [1.29, 1.82) is 0 Å². The van der Waals surface area contributed by atoms with Gasteiger partial charge in [-0.15, -0.1) is 0 Å². The Morgan fingerprint density at radius 2 is 2.11 bits per heavy atom. The molecule has 8 nitrogen and oxygen atoms in total. The first-order chi connectivity index (χ1) is 13.3. The number of aryl methyl sites for hydroxylation is 3. The molecule has 0 aromatic carbocycles. The van der Waals surface area contributed by atoms with Crippen LogP contribution in [-0.2, 0) is 13.1 Å². The first-order valence-electron chi connectivity index (χ1n) is 9.65. The third-order valence-corrected chi connectivity index (χ3v) is 5.50. The number of hydrogen-bond acceptors (Lipinski definition) is 6. The Hall–Kier alpha value is -2.45. The number of aromatic nitrogens is 2. The number of amides is 1. The van der Waals surface area contributed by atoms with Crippen LogP contribution in [0, 0.1) is 20.8 Å². The van der Waals surface area contributed by atoms with E-state index in [0.29, 0.717) is 26.1 Å². The van der Waals surface area contributed by atoms with E-state index in [1.54, 1.807) is 16.7 Å². The zero-order valence-electron chi connectivity index (χ0n) is 16.9. The molecule has 0 saturated carbocycles. The van der Waals surface area contributed by atoms with Gasteiger partial charge in [0.15, 0.2) is 0 Å². The number of β-amino-alcohol motifs (C(OH)–C–C–N with tert-alkyl or cyclic N) is 1. The summed E-state index contributed by atoms with van der Waals surface area (Å²) in [6.45, 7) is 9.80. The van der Waals surface area contributed by atoms with Crippen LogP contribution >= 0.6 is 0 Å². The second-order valence-electron chi connectivity index (χ2n) is 7.41. The van der Waals surface area contributed by atoms with Crippen LogP contribution < -0.4 is 10.9 Å². The van der Waals surface area contributed by atoms with E-state index in [-0.39, 0.29) is 17.2 Å². The molecule has 0 aliphatic carbocycles. The summed E-state index contributed by atoms with van der Waals surface area (Å²) in [5, 5.41) is 17.3. The number of piperidine rings is 1. The quantitative estimate of drug-likeness (QED) is 0.797. The predicted octanol–water partition coefficient (Wildman–Crippen LogP) is 1.15. The molecule has 2 N–H and O–H groups in total. The number of hydrogen-bond donors (Lipinski definition) is 2. The highest BCUT2D eigenvalue weighted by Crippen LogP contribution is 2.19. The van der Waals surface area contributed by atoms with Gasteiger partial charge in [0, 0.05) is 37.4 Å². The van der Waals surface area contributed by atoms with Crippen molar-refractivity contribution in [3.63, 3.8) is 0 Å². The number of nitrogens with zero attached hydrogens (tertiary/aromatic N) is 3. The van der Waals surface area contributed by atoms with Crippen LogP contribution in [0.25, 0.3) is 0 Å². The fourth-order valence-corrected chi connectivity index (χ4v) is 3.74. The number of rotatable bonds is 5. The lowest BCUT2D eigenvalue weighted by atomic mass is 10.0. The molecule has 3 heterocycles. The van der Waals surface area contributed by atoms with Gasteiger partial charge in [-0.1, -0.05) is 5.16 Å². The van der Waals surface area contributed by atoms with E-state index in [4.69, 9.17) is 4.52 Å². The highest BCUT2D eigenvalue weighted by molar-refractivity contribution is 5.94. The topological polar surface area (TPSA) is 101 Å². The predicted molar refractivity (Wildman–Crippen MR) is 104 cm³/mol. The van der Waals surface area contributed by atoms with Gasteiger partial charge in [0.05, 0.1) is 17.8 Å². The van der Waals surface area contributed by atoms with Gasteiger partial charge in [-0.05, 0) is 46.2 Å². The third kappa shape index (κ3) is 4.02. The van der Waals surface area contributed by atoms with E-state index in [9.17, 15) is 14.7 Å². The minimum Gasteiger partial charge on any atom is -0.390 e. The number of carbonyl (C=O) groups excluding carboxylic acids is 1. The summed E-state index contributed by atoms with van der Waals surface area (Å²) in [5.41, 5.74) is 2.52. The van der Waals surface area contributed by atoms with Crippen molar-refractivity contribution in [2.24, 2.45) is 0 Å². The number of nitrogens with one attached hydrogen (secondary N) is 1. The molecule has 1 aliphatic rings. The highest BCUT2D eigenvalue weighted by atomic mass is 16.5. The van der Waals surface area contributed by atoms with Crippen LogP contribution in [0.15, 0.2) is 21.5 Å². The standard InChI is InChI=1S/C20H28N4O4/c1-5-24-12(2)6-7-15(20(24)27)19(26)21-17-8-9-23(11-18(17)25)10-16-13(3)22-28-14(16)4/h6-7,17-18,25H,5,8-11H2,1-4H3,(H,21,26)/t17-,18-/m1/s1. The summed E-state index contributed by atoms with van der Waals surface area (Å²) < 4.78 is 6.76. The minimum atomic E-state index is -0.711. The van der Waals surface area contributed by atoms with Gasteiger partial charge in [-0.2, -0.15) is 0 Å². The summed E-state index contributed by atoms with van der Waals surface area (Å²) in [6, 6.07) is 2.94. The third-order valence-electron chi connectivity index (χ3n) is 5.50. The molecular weight excluding hydrogens is 360 g/mol. The van der Waals surface area contributed by atoms with Crippen molar-refractivity contribution in [3.8, 4) is 0 Å². The Morgan fingerprint density at radius 1 is 1.36 bits per heavy atom. The number of carbonyl (C=O) groups is 1. The van der Waals surface area contributed by atoms with Crippen molar-refractivity contribution in [2.75, 3.05) is 13.1 Å². The van der Waals surface area contributed by atoms with Gasteiger partial charge >= 0.3 is 0 Å². The average Bonchev–Trinajstić information content (AvgIpc) is 2.96. The summed E-state index contributed by atoms with van der Waals surface area (Å²) in [5.74, 6) is 0.351. The Bertz CT molecular complexity index is 898. The van der Waals surface area contributed by atoms with Gasteiger partial charge in [0.2, 0.25) is 0 Å². The molecule has 1 fully saturated rings. The van der Waals surface area contributed by atoms with E-state index in [1.165, 1.54) is 0 Å². The molecule has 0 unspecified atom stereocenters. The van der Waals surface area contributed by atoms with E-state index in [2.05, 4.69) is 15.4 Å². The summed E-state index contributed by atoms with van der Waals surface area (Å²) >= 11 is 0. The van der Waals surface area contributed by atoms with Crippen molar-refractivity contribution >= 4 is 5.91 Å². The Labute approximate surface area is 164 Å². The number of aliphatic hydroxyl groups excluding tert-OH is 1. The molecule has 2 aromatic rings. The normalized spacial score (nSPS) is 20.3. The first-order valence-corrected chi connectivity index (χ1v) is 9.65. The molecule has 3 rings (SSSR count). The lowest BCUT2D eigenvalue weighted by molar-refractivity contribution is 0.0347. The Morgan fingerprint density at radius 3 is 2.71 bits per heavy atom. The van der Waals surface area contributed by atoms with Gasteiger partial charge in [0.1, 0.15) is 11.3 Å². The zero-order chi connectivity index (χ0) is 20.4. The maximum atomic E-state index is 12.6. The van der Waals surface area contributed by atoms with Crippen LogP contribution in [0.3, 0.4) is 0 Å². The lowest BCUT2D eigenvalue weighted by Crippen LogP contribution is -2.54. The van der Waals surface area contributed by atoms with Crippen molar-refractivity contribution in [3.05, 3.63) is 50.8 Å². The van der Waals surface area contributed by atoms with Crippen LogP contribution in [0.2, 0.25) is 0 Å². The molecule has 1 amide bonds. The summed E-state index contributed by atoms with van der Waals surface area (Å²) in [7, 11) is 0. The Kier molecular flexibility index (Phi) is 6.00. The fourth-order valence-electron chi connectivity index (χ4n) is 3.74. The molecule has 152 valence electrons. The van der Waals surface area contributed by atoms with Crippen molar-refractivity contribution < 1.29 is 14.4 Å². The first kappa shape index (κ1) is 20.3. The minimum absolute atomic E-state index is 0.109. The van der Waals surface area contributed by atoms with Crippen LogP contribution in [0.4, 0.5) is 0 Å². The van der Waals surface area contributed by atoms with E-state index in [0.717, 1.165) is 29.3 Å². The van der Waals surface area contributed by atoms with Gasteiger partial charge in [-0.3, -0.25) is 14.5 Å². The average molecular weight is 388 g/mol. The van der Waals surface area contributed by atoms with Crippen molar-refractivity contribution in [2.45, 2.75) is 59.4 Å². The molecule has 8 heteroatoms. The fraction of sp³-hybridized carbons (Fsp3) is 0.550. The number of aliphatic hydroxyl groups is 1. The summed E-state index contributed by atoms with van der Waals surface area (Å²) in [6.07, 6.45) is -0.110. The molecule has 2 aromatic heterocycles. The van der Waals surface area contributed by atoms with Gasteiger partial charge in [0.25, 0.3) is 11.5 Å². The Balaban J connectivity index is 1.64. The molecule has 28 heavy (non-hydrogen) atoms. The molecule has 1 saturated heterocycles. The van der Waals surface area contributed by atoms with Crippen molar-refractivity contribution in [1.82, 2.24) is 19.9 Å². The van der Waals surface area contributed by atoms with E-state index in [1.807, 2.05) is 27.7 Å². The molecule has 1 aliphatic heterocycles. The molecule has 2 atom stereocenters. The van der Waals surface area contributed by atoms with Gasteiger partial charge in [-0.25, -0.2) is 0 Å². The smallest absolute Gasteiger partial charge is 0.263 e. The molecule has 0 bridgehead atoms. The van der Waals surface area contributed by atoms with Gasteiger partial charge < -0.3 is 19.5 Å². The maximum absolute atomic E-state index is 12.6. The van der Waals surface area contributed by atoms with E-state index < -0.39 is 12.0 Å². The number of pyridine rings is 1. The van der Waals surface area contributed by atoms with E-state index >= 15 is 0 Å². The van der Waals surface area contributed by atoms with Crippen LogP contribution in [0.1, 0.15) is 46.4 Å². The second kappa shape index (κ2) is 8.28. The SMILES string of the molecule is CCn1c(C)ccc(C(=O)N[C@@H]2CCN(Cc3c(C)noc3C)C[C@H]2O)c1=O. The molecular formula is C20H28N4O4. The van der Waals surface area contributed by atoms with Crippen LogP contribution in [-0.4, -0.2) is 50.9 Å². The second-order valence-corrected chi connectivity index (χ2v) is 7.41. The monoisotopic (exact) mass is 388 g/mol. The summed E-state index contributed by atoms with van der Waals surface area (Å²) in [4.78, 5) is 27.2.